The van der Waals surface area contributed by atoms with Crippen molar-refractivity contribution in [1.82, 2.24) is 5.32 Å². The average Bonchev–Trinajstić information content (AvgIpc) is 2.31. The van der Waals surface area contributed by atoms with Crippen molar-refractivity contribution in [2.75, 3.05) is 20.8 Å². The van der Waals surface area contributed by atoms with Crippen LogP contribution in [0.15, 0.2) is 24.8 Å². The number of aromatic hydroxyl groups is 1. The van der Waals surface area contributed by atoms with Crippen LogP contribution in [0.5, 0.6) is 17.2 Å². The minimum Gasteiger partial charge on any atom is -0.502 e. The summed E-state index contributed by atoms with van der Waals surface area (Å²) in [5.74, 6) is 0.849. The number of ether oxygens (including phenoxy) is 2. The van der Waals surface area contributed by atoms with Crippen LogP contribution in [0.25, 0.3) is 0 Å². The normalized spacial score (nSPS) is 9.88. The average molecular weight is 223 g/mol. The highest BCUT2D eigenvalue weighted by Crippen LogP contribution is 2.36. The number of hydrogen-bond donors (Lipinski definition) is 2. The molecule has 16 heavy (non-hydrogen) atoms. The van der Waals surface area contributed by atoms with E-state index in [-0.39, 0.29) is 5.75 Å². The number of rotatable bonds is 6. The third-order valence-electron chi connectivity index (χ3n) is 2.16. The van der Waals surface area contributed by atoms with Crippen LogP contribution in [-0.4, -0.2) is 25.9 Å². The predicted octanol–water partition coefficient (Wildman–Crippen LogP) is 1.68. The molecule has 0 amide bonds. The van der Waals surface area contributed by atoms with Crippen molar-refractivity contribution in [2.24, 2.45) is 0 Å². The highest BCUT2D eigenvalue weighted by molar-refractivity contribution is 5.52. The molecule has 0 aliphatic rings. The van der Waals surface area contributed by atoms with Crippen molar-refractivity contribution >= 4 is 0 Å². The van der Waals surface area contributed by atoms with E-state index in [9.17, 15) is 5.11 Å². The molecule has 0 fully saturated rings. The third-order valence-corrected chi connectivity index (χ3v) is 2.16. The molecule has 0 bridgehead atoms. The molecule has 1 aromatic rings. The van der Waals surface area contributed by atoms with Crippen LogP contribution >= 0.6 is 0 Å². The number of methoxy groups -OCH3 is 2. The Labute approximate surface area is 95.5 Å². The van der Waals surface area contributed by atoms with E-state index in [0.717, 1.165) is 12.1 Å². The van der Waals surface area contributed by atoms with Crippen LogP contribution in [0.2, 0.25) is 0 Å². The molecule has 88 valence electrons. The first-order valence-electron chi connectivity index (χ1n) is 4.98. The van der Waals surface area contributed by atoms with Crippen LogP contribution in [0, 0.1) is 0 Å². The summed E-state index contributed by atoms with van der Waals surface area (Å²) < 4.78 is 10.1. The molecule has 0 aromatic heterocycles. The van der Waals surface area contributed by atoms with Crippen molar-refractivity contribution in [3.8, 4) is 17.2 Å². The minimum absolute atomic E-state index is 0.0254. The lowest BCUT2D eigenvalue weighted by Gasteiger charge is -2.11. The minimum atomic E-state index is 0.0254. The Bertz CT molecular complexity index is 338. The second kappa shape index (κ2) is 6.02. The van der Waals surface area contributed by atoms with E-state index in [1.54, 1.807) is 18.2 Å². The number of hydrogen-bond acceptors (Lipinski definition) is 4. The first-order chi connectivity index (χ1) is 7.72. The lowest BCUT2D eigenvalue weighted by atomic mass is 10.2. The van der Waals surface area contributed by atoms with Gasteiger partial charge in [0.05, 0.1) is 14.2 Å². The number of phenols is 1. The smallest absolute Gasteiger partial charge is 0.200 e. The molecule has 2 N–H and O–H groups in total. The van der Waals surface area contributed by atoms with E-state index < -0.39 is 0 Å². The van der Waals surface area contributed by atoms with Crippen LogP contribution in [0.4, 0.5) is 0 Å². The van der Waals surface area contributed by atoms with Gasteiger partial charge in [-0.3, -0.25) is 0 Å². The Hall–Kier alpha value is -1.68. The highest BCUT2D eigenvalue weighted by atomic mass is 16.5. The molecule has 0 aliphatic heterocycles. The van der Waals surface area contributed by atoms with Crippen LogP contribution in [-0.2, 0) is 6.54 Å². The second-order valence-corrected chi connectivity index (χ2v) is 3.27. The van der Waals surface area contributed by atoms with Crippen molar-refractivity contribution in [2.45, 2.75) is 6.54 Å². The van der Waals surface area contributed by atoms with Gasteiger partial charge in [0.1, 0.15) is 0 Å². The monoisotopic (exact) mass is 223 g/mol. The fourth-order valence-corrected chi connectivity index (χ4v) is 1.37. The Morgan fingerprint density at radius 1 is 1.31 bits per heavy atom. The molecule has 1 rings (SSSR count). The molecule has 0 spiro atoms. The van der Waals surface area contributed by atoms with E-state index in [0.29, 0.717) is 18.0 Å². The molecule has 4 heteroatoms. The predicted molar refractivity (Wildman–Crippen MR) is 63.1 cm³/mol. The fraction of sp³-hybridized carbons (Fsp3) is 0.333. The summed E-state index contributed by atoms with van der Waals surface area (Å²) in [6.07, 6.45) is 1.79. The highest BCUT2D eigenvalue weighted by Gasteiger charge is 2.10. The molecule has 0 saturated heterocycles. The third kappa shape index (κ3) is 2.90. The largest absolute Gasteiger partial charge is 0.502 e. The van der Waals surface area contributed by atoms with Gasteiger partial charge in [-0.05, 0) is 17.7 Å². The number of benzene rings is 1. The maximum atomic E-state index is 9.70. The van der Waals surface area contributed by atoms with Gasteiger partial charge >= 0.3 is 0 Å². The molecule has 1 aromatic carbocycles. The first kappa shape index (κ1) is 12.4. The van der Waals surface area contributed by atoms with E-state index in [4.69, 9.17) is 9.47 Å². The summed E-state index contributed by atoms with van der Waals surface area (Å²) in [5.41, 5.74) is 0.980. The van der Waals surface area contributed by atoms with E-state index in [2.05, 4.69) is 11.9 Å². The van der Waals surface area contributed by atoms with Gasteiger partial charge in [0.25, 0.3) is 0 Å². The molecular formula is C12H17NO3. The van der Waals surface area contributed by atoms with Crippen LogP contribution in [0.3, 0.4) is 0 Å². The van der Waals surface area contributed by atoms with E-state index in [1.807, 2.05) is 0 Å². The van der Waals surface area contributed by atoms with Gasteiger partial charge in [0.15, 0.2) is 11.5 Å². The van der Waals surface area contributed by atoms with Gasteiger partial charge in [-0.15, -0.1) is 6.58 Å². The van der Waals surface area contributed by atoms with Gasteiger partial charge < -0.3 is 19.9 Å². The molecule has 0 heterocycles. The number of nitrogens with one attached hydrogen (secondary N) is 1. The zero-order valence-electron chi connectivity index (χ0n) is 9.62. The van der Waals surface area contributed by atoms with Gasteiger partial charge in [-0.25, -0.2) is 0 Å². The molecule has 0 unspecified atom stereocenters. The topological polar surface area (TPSA) is 50.7 Å². The van der Waals surface area contributed by atoms with Crippen molar-refractivity contribution < 1.29 is 14.6 Å². The van der Waals surface area contributed by atoms with E-state index >= 15 is 0 Å². The Morgan fingerprint density at radius 3 is 2.31 bits per heavy atom. The maximum Gasteiger partial charge on any atom is 0.200 e. The Morgan fingerprint density at radius 2 is 1.88 bits per heavy atom. The summed E-state index contributed by atoms with van der Waals surface area (Å²) in [7, 11) is 3.02. The molecule has 0 saturated carbocycles. The summed E-state index contributed by atoms with van der Waals surface area (Å²) in [6, 6.07) is 3.54. The molecule has 0 atom stereocenters. The van der Waals surface area contributed by atoms with Crippen molar-refractivity contribution in [3.63, 3.8) is 0 Å². The quantitative estimate of drug-likeness (QED) is 0.569. The Balaban J connectivity index is 2.88. The van der Waals surface area contributed by atoms with Crippen LogP contribution < -0.4 is 14.8 Å². The van der Waals surface area contributed by atoms with Gasteiger partial charge in [-0.2, -0.15) is 0 Å². The fourth-order valence-electron chi connectivity index (χ4n) is 1.37. The molecule has 0 aliphatic carbocycles. The Kier molecular flexibility index (Phi) is 4.66. The summed E-state index contributed by atoms with van der Waals surface area (Å²) >= 11 is 0. The molecular weight excluding hydrogens is 206 g/mol. The lowest BCUT2D eigenvalue weighted by Crippen LogP contribution is -2.12. The standard InChI is InChI=1S/C12H17NO3/c1-4-5-13-8-9-6-10(15-2)12(14)11(7-9)16-3/h4,6-7,13-14H,1,5,8H2,2-3H3. The summed E-state index contributed by atoms with van der Waals surface area (Å²) in [4.78, 5) is 0. The zero-order valence-corrected chi connectivity index (χ0v) is 9.62. The van der Waals surface area contributed by atoms with Gasteiger partial charge in [0.2, 0.25) is 5.75 Å². The summed E-state index contributed by atoms with van der Waals surface area (Å²) in [5, 5.41) is 12.9. The van der Waals surface area contributed by atoms with Gasteiger partial charge in [0, 0.05) is 13.1 Å². The molecule has 0 radical (unpaired) electrons. The van der Waals surface area contributed by atoms with Crippen molar-refractivity contribution in [1.29, 1.82) is 0 Å². The zero-order chi connectivity index (χ0) is 12.0. The SMILES string of the molecule is C=CCNCc1cc(OC)c(O)c(OC)c1. The number of phenolic OH excluding ortho intramolecular Hbond substituents is 1. The summed E-state index contributed by atoms with van der Waals surface area (Å²) in [6.45, 7) is 5.01. The van der Waals surface area contributed by atoms with E-state index in [1.165, 1.54) is 14.2 Å². The second-order valence-electron chi connectivity index (χ2n) is 3.27. The lowest BCUT2D eigenvalue weighted by molar-refractivity contribution is 0.339. The first-order valence-corrected chi connectivity index (χ1v) is 4.98. The van der Waals surface area contributed by atoms with Crippen LogP contribution in [0.1, 0.15) is 5.56 Å². The maximum absolute atomic E-state index is 9.70. The van der Waals surface area contributed by atoms with Crippen molar-refractivity contribution in [3.05, 3.63) is 30.4 Å². The molecule has 4 nitrogen and oxygen atoms in total. The van der Waals surface area contributed by atoms with Gasteiger partial charge in [-0.1, -0.05) is 6.08 Å².